The molecule has 0 radical (unpaired) electrons. The van der Waals surface area contributed by atoms with Crippen molar-refractivity contribution >= 4 is 16.9 Å². The molecule has 3 aromatic rings. The highest BCUT2D eigenvalue weighted by molar-refractivity contribution is 5.94. The van der Waals surface area contributed by atoms with Gasteiger partial charge in [-0.15, -0.1) is 0 Å². The van der Waals surface area contributed by atoms with Gasteiger partial charge in [0.2, 0.25) is 0 Å². The number of nitrogens with zero attached hydrogens (tertiary/aromatic N) is 5. The van der Waals surface area contributed by atoms with Crippen molar-refractivity contribution in [2.75, 3.05) is 6.54 Å². The zero-order valence-electron chi connectivity index (χ0n) is 13.6. The Labute approximate surface area is 143 Å². The number of fused-ring (bicyclic) bond motifs is 1. The third-order valence-corrected chi connectivity index (χ3v) is 4.47. The summed E-state index contributed by atoms with van der Waals surface area (Å²) in [4.78, 5) is 35.3. The second-order valence-electron chi connectivity index (χ2n) is 6.08. The topological polar surface area (TPSA) is 81.0 Å². The van der Waals surface area contributed by atoms with Crippen molar-refractivity contribution in [3.8, 4) is 0 Å². The van der Waals surface area contributed by atoms with Crippen LogP contribution < -0.4 is 5.56 Å². The first kappa shape index (κ1) is 15.4. The number of aromatic nitrogens is 4. The Hall–Kier alpha value is -3.09. The number of benzene rings is 1. The number of amides is 1. The maximum atomic E-state index is 12.9. The molecule has 1 unspecified atom stereocenters. The number of likely N-dealkylation sites (tertiary alicyclic amines) is 1. The van der Waals surface area contributed by atoms with Gasteiger partial charge < -0.3 is 4.90 Å². The van der Waals surface area contributed by atoms with E-state index in [9.17, 15) is 9.59 Å². The summed E-state index contributed by atoms with van der Waals surface area (Å²) in [5, 5.41) is 4.09. The summed E-state index contributed by atoms with van der Waals surface area (Å²) >= 11 is 0. The van der Waals surface area contributed by atoms with E-state index < -0.39 is 0 Å². The number of para-hydroxylation sites is 2. The molecule has 4 rings (SSSR count). The molecule has 0 N–H and O–H groups in total. The molecular formula is C18H17N5O2. The Morgan fingerprint density at radius 1 is 1.16 bits per heavy atom. The van der Waals surface area contributed by atoms with E-state index in [1.807, 2.05) is 24.3 Å². The van der Waals surface area contributed by atoms with Crippen LogP contribution in [0, 0.1) is 0 Å². The third kappa shape index (κ3) is 3.00. The lowest BCUT2D eigenvalue weighted by Crippen LogP contribution is -2.40. The monoisotopic (exact) mass is 335 g/mol. The molecule has 1 fully saturated rings. The van der Waals surface area contributed by atoms with Gasteiger partial charge in [0, 0.05) is 18.8 Å². The van der Waals surface area contributed by atoms with Gasteiger partial charge in [-0.05, 0) is 31.0 Å². The molecule has 1 aliphatic rings. The summed E-state index contributed by atoms with van der Waals surface area (Å²) in [6.45, 7) is 1.05. The number of carbonyl (C=O) groups is 1. The first-order valence-corrected chi connectivity index (χ1v) is 8.27. The molecule has 126 valence electrons. The van der Waals surface area contributed by atoms with Crippen molar-refractivity contribution in [3.05, 3.63) is 64.8 Å². The van der Waals surface area contributed by atoms with Crippen molar-refractivity contribution < 1.29 is 4.79 Å². The first-order chi connectivity index (χ1) is 12.2. The van der Waals surface area contributed by atoms with Crippen LogP contribution >= 0.6 is 0 Å². The minimum Gasteiger partial charge on any atom is -0.332 e. The van der Waals surface area contributed by atoms with Crippen molar-refractivity contribution in [2.45, 2.75) is 25.4 Å². The van der Waals surface area contributed by atoms with Gasteiger partial charge in [0.25, 0.3) is 11.5 Å². The number of hydrogen-bond donors (Lipinski definition) is 0. The SMILES string of the molecule is O=C(c1cnc2ccccc2n1)N1CCCC1Cn1ncccc1=O. The van der Waals surface area contributed by atoms with E-state index in [0.29, 0.717) is 24.3 Å². The van der Waals surface area contributed by atoms with Gasteiger partial charge in [-0.2, -0.15) is 5.10 Å². The van der Waals surface area contributed by atoms with E-state index in [0.717, 1.165) is 18.4 Å². The fourth-order valence-electron chi connectivity index (χ4n) is 3.22. The molecule has 7 heteroatoms. The largest absolute Gasteiger partial charge is 0.332 e. The van der Waals surface area contributed by atoms with E-state index in [4.69, 9.17) is 0 Å². The first-order valence-electron chi connectivity index (χ1n) is 8.27. The maximum Gasteiger partial charge on any atom is 0.274 e. The molecule has 0 bridgehead atoms. The summed E-state index contributed by atoms with van der Waals surface area (Å²) in [6, 6.07) is 10.5. The predicted molar refractivity (Wildman–Crippen MR) is 92.1 cm³/mol. The molecule has 1 saturated heterocycles. The Morgan fingerprint density at radius 3 is 2.84 bits per heavy atom. The van der Waals surface area contributed by atoms with Crippen LogP contribution in [0.5, 0.6) is 0 Å². The Bertz CT molecular complexity index is 984. The van der Waals surface area contributed by atoms with Crippen LogP contribution in [-0.2, 0) is 6.54 Å². The van der Waals surface area contributed by atoms with Crippen molar-refractivity contribution in [2.24, 2.45) is 0 Å². The fourth-order valence-corrected chi connectivity index (χ4v) is 3.22. The molecular weight excluding hydrogens is 318 g/mol. The van der Waals surface area contributed by atoms with Gasteiger partial charge in [-0.1, -0.05) is 12.1 Å². The lowest BCUT2D eigenvalue weighted by molar-refractivity contribution is 0.0714. The molecule has 2 aromatic heterocycles. The molecule has 0 saturated carbocycles. The van der Waals surface area contributed by atoms with E-state index in [1.54, 1.807) is 17.2 Å². The van der Waals surface area contributed by atoms with Crippen LogP contribution in [0.3, 0.4) is 0 Å². The Morgan fingerprint density at radius 2 is 2.00 bits per heavy atom. The highest BCUT2D eigenvalue weighted by Gasteiger charge is 2.31. The van der Waals surface area contributed by atoms with Crippen LogP contribution in [-0.4, -0.2) is 43.1 Å². The third-order valence-electron chi connectivity index (χ3n) is 4.47. The number of rotatable bonds is 3. The van der Waals surface area contributed by atoms with Gasteiger partial charge in [0.15, 0.2) is 0 Å². The van der Waals surface area contributed by atoms with Crippen LogP contribution in [0.25, 0.3) is 11.0 Å². The molecule has 0 aliphatic carbocycles. The van der Waals surface area contributed by atoms with E-state index in [-0.39, 0.29) is 17.5 Å². The molecule has 25 heavy (non-hydrogen) atoms. The average Bonchev–Trinajstić information content (AvgIpc) is 3.11. The molecule has 1 aliphatic heterocycles. The van der Waals surface area contributed by atoms with Crippen LogP contribution in [0.4, 0.5) is 0 Å². The smallest absolute Gasteiger partial charge is 0.274 e. The summed E-state index contributed by atoms with van der Waals surface area (Å²) in [6.07, 6.45) is 4.85. The van der Waals surface area contributed by atoms with Gasteiger partial charge >= 0.3 is 0 Å². The quantitative estimate of drug-likeness (QED) is 0.724. The highest BCUT2D eigenvalue weighted by Crippen LogP contribution is 2.21. The average molecular weight is 335 g/mol. The molecule has 1 amide bonds. The highest BCUT2D eigenvalue weighted by atomic mass is 16.2. The molecule has 1 atom stereocenters. The summed E-state index contributed by atoms with van der Waals surface area (Å²) in [5.41, 5.74) is 1.63. The molecule has 7 nitrogen and oxygen atoms in total. The lowest BCUT2D eigenvalue weighted by Gasteiger charge is -2.24. The maximum absolute atomic E-state index is 12.9. The second-order valence-corrected chi connectivity index (χ2v) is 6.08. The number of carbonyl (C=O) groups excluding carboxylic acids is 1. The van der Waals surface area contributed by atoms with E-state index in [1.165, 1.54) is 16.9 Å². The van der Waals surface area contributed by atoms with Crippen molar-refractivity contribution in [1.29, 1.82) is 0 Å². The minimum atomic E-state index is -0.160. The summed E-state index contributed by atoms with van der Waals surface area (Å²) in [7, 11) is 0. The fraction of sp³-hybridized carbons (Fsp3) is 0.278. The number of hydrogen-bond acceptors (Lipinski definition) is 5. The van der Waals surface area contributed by atoms with Crippen molar-refractivity contribution in [1.82, 2.24) is 24.6 Å². The Balaban J connectivity index is 1.59. The molecule has 3 heterocycles. The van der Waals surface area contributed by atoms with Crippen molar-refractivity contribution in [3.63, 3.8) is 0 Å². The van der Waals surface area contributed by atoms with Gasteiger partial charge in [-0.25, -0.2) is 9.67 Å². The summed E-state index contributed by atoms with van der Waals surface area (Å²) < 4.78 is 1.41. The molecule has 1 aromatic carbocycles. The van der Waals surface area contributed by atoms with Gasteiger partial charge in [0.05, 0.1) is 29.8 Å². The van der Waals surface area contributed by atoms with Crippen LogP contribution in [0.2, 0.25) is 0 Å². The Kier molecular flexibility index (Phi) is 3.97. The lowest BCUT2D eigenvalue weighted by atomic mass is 10.2. The predicted octanol–water partition coefficient (Wildman–Crippen LogP) is 1.49. The second kappa shape index (κ2) is 6.43. The van der Waals surface area contributed by atoms with Crippen LogP contribution in [0.15, 0.2) is 53.6 Å². The van der Waals surface area contributed by atoms with Gasteiger partial charge in [0.1, 0.15) is 5.69 Å². The minimum absolute atomic E-state index is 0.0617. The van der Waals surface area contributed by atoms with E-state index in [2.05, 4.69) is 15.1 Å². The molecule has 0 spiro atoms. The normalized spacial score (nSPS) is 17.1. The zero-order chi connectivity index (χ0) is 17.2. The zero-order valence-corrected chi connectivity index (χ0v) is 13.6. The standard InChI is InChI=1S/C18H17N5O2/c24-17-8-3-9-20-23(17)12-13-5-4-10-22(13)18(25)16-11-19-14-6-1-2-7-15(14)21-16/h1-3,6-9,11,13H,4-5,10,12H2. The van der Waals surface area contributed by atoms with E-state index >= 15 is 0 Å². The summed E-state index contributed by atoms with van der Waals surface area (Å²) in [5.74, 6) is -0.148. The van der Waals surface area contributed by atoms with Crippen LogP contribution in [0.1, 0.15) is 23.3 Å². The van der Waals surface area contributed by atoms with Gasteiger partial charge in [-0.3, -0.25) is 14.6 Å².